The number of hydrogen-bond donors (Lipinski definition) is 1. The molecule has 21 heavy (non-hydrogen) atoms. The summed E-state index contributed by atoms with van der Waals surface area (Å²) in [4.78, 5) is 15.2. The van der Waals surface area contributed by atoms with Gasteiger partial charge in [0.15, 0.2) is 0 Å². The molecule has 0 radical (unpaired) electrons. The second-order valence-corrected chi connectivity index (χ2v) is 5.36. The number of rotatable bonds is 3. The van der Waals surface area contributed by atoms with Gasteiger partial charge in [-0.15, -0.1) is 0 Å². The zero-order valence-electron chi connectivity index (χ0n) is 11.5. The lowest BCUT2D eigenvalue weighted by Crippen LogP contribution is -2.11. The number of nitrogens with one attached hydrogen (secondary N) is 1. The molecule has 0 saturated heterocycles. The standard InChI is InChI=1S/C17H14ClNO2/c1-11-8-13(18)6-7-16(11)21-17(20)9-12-10-19-15-5-3-2-4-14(12)15/h2-8,10,19H,9H2,1H3. The predicted molar refractivity (Wildman–Crippen MR) is 83.8 cm³/mol. The van der Waals surface area contributed by atoms with Crippen LogP contribution in [0, 0.1) is 6.92 Å². The number of para-hydroxylation sites is 1. The minimum absolute atomic E-state index is 0.228. The summed E-state index contributed by atoms with van der Waals surface area (Å²) in [6, 6.07) is 13.1. The summed E-state index contributed by atoms with van der Waals surface area (Å²) < 4.78 is 5.41. The number of hydrogen-bond acceptors (Lipinski definition) is 2. The number of halogens is 1. The molecule has 0 fully saturated rings. The number of carbonyl (C=O) groups is 1. The highest BCUT2D eigenvalue weighted by molar-refractivity contribution is 6.30. The normalized spacial score (nSPS) is 10.8. The Balaban J connectivity index is 1.77. The van der Waals surface area contributed by atoms with Crippen LogP contribution in [0.5, 0.6) is 5.75 Å². The van der Waals surface area contributed by atoms with Gasteiger partial charge in [-0.3, -0.25) is 4.79 Å². The van der Waals surface area contributed by atoms with Crippen molar-refractivity contribution in [3.8, 4) is 5.75 Å². The molecule has 2 aromatic carbocycles. The van der Waals surface area contributed by atoms with Gasteiger partial charge in [0.05, 0.1) is 6.42 Å². The molecule has 4 heteroatoms. The van der Waals surface area contributed by atoms with Crippen LogP contribution in [0.4, 0.5) is 0 Å². The molecule has 1 aromatic heterocycles. The highest BCUT2D eigenvalue weighted by atomic mass is 35.5. The Morgan fingerprint density at radius 1 is 1.24 bits per heavy atom. The lowest BCUT2D eigenvalue weighted by Gasteiger charge is -2.07. The summed E-state index contributed by atoms with van der Waals surface area (Å²) >= 11 is 5.89. The van der Waals surface area contributed by atoms with Gasteiger partial charge in [0.25, 0.3) is 0 Å². The number of fused-ring (bicyclic) bond motifs is 1. The van der Waals surface area contributed by atoms with E-state index in [2.05, 4.69) is 4.98 Å². The molecule has 0 unspecified atom stereocenters. The molecule has 0 saturated carbocycles. The van der Waals surface area contributed by atoms with Crippen molar-refractivity contribution in [2.45, 2.75) is 13.3 Å². The van der Waals surface area contributed by atoms with Crippen LogP contribution in [0.15, 0.2) is 48.7 Å². The summed E-state index contributed by atoms with van der Waals surface area (Å²) in [7, 11) is 0. The smallest absolute Gasteiger partial charge is 0.315 e. The zero-order chi connectivity index (χ0) is 14.8. The molecule has 0 aliphatic heterocycles. The van der Waals surface area contributed by atoms with Crippen LogP contribution in [0.25, 0.3) is 10.9 Å². The fourth-order valence-corrected chi connectivity index (χ4v) is 2.55. The Bertz CT molecular complexity index is 807. The Labute approximate surface area is 127 Å². The van der Waals surface area contributed by atoms with Crippen LogP contribution < -0.4 is 4.74 Å². The van der Waals surface area contributed by atoms with E-state index in [1.54, 1.807) is 18.2 Å². The molecule has 0 aliphatic carbocycles. The Hall–Kier alpha value is -2.26. The first-order chi connectivity index (χ1) is 10.1. The molecular formula is C17H14ClNO2. The number of ether oxygens (including phenoxy) is 1. The molecule has 1 N–H and O–H groups in total. The molecule has 0 spiro atoms. The highest BCUT2D eigenvalue weighted by Gasteiger charge is 2.11. The molecule has 3 aromatic rings. The molecule has 0 atom stereocenters. The molecular weight excluding hydrogens is 286 g/mol. The second-order valence-electron chi connectivity index (χ2n) is 4.92. The van der Waals surface area contributed by atoms with E-state index in [0.717, 1.165) is 22.0 Å². The van der Waals surface area contributed by atoms with Gasteiger partial charge in [0, 0.05) is 22.1 Å². The SMILES string of the molecule is Cc1cc(Cl)ccc1OC(=O)Cc1c[nH]c2ccccc12. The monoisotopic (exact) mass is 299 g/mol. The van der Waals surface area contributed by atoms with Crippen molar-refractivity contribution >= 4 is 28.5 Å². The van der Waals surface area contributed by atoms with Crippen LogP contribution in [0.2, 0.25) is 5.02 Å². The molecule has 1 heterocycles. The largest absolute Gasteiger partial charge is 0.426 e. The quantitative estimate of drug-likeness (QED) is 0.579. The molecule has 106 valence electrons. The van der Waals surface area contributed by atoms with Gasteiger partial charge in [0.2, 0.25) is 0 Å². The van der Waals surface area contributed by atoms with Gasteiger partial charge in [-0.1, -0.05) is 29.8 Å². The van der Waals surface area contributed by atoms with E-state index in [1.165, 1.54) is 0 Å². The average Bonchev–Trinajstić information content (AvgIpc) is 2.85. The summed E-state index contributed by atoms with van der Waals surface area (Å²) in [5, 5.41) is 1.67. The van der Waals surface area contributed by atoms with Gasteiger partial charge in [-0.25, -0.2) is 0 Å². The number of carbonyl (C=O) groups excluding carboxylic acids is 1. The number of benzene rings is 2. The van der Waals surface area contributed by atoms with Crippen molar-refractivity contribution in [2.75, 3.05) is 0 Å². The van der Waals surface area contributed by atoms with Crippen molar-refractivity contribution < 1.29 is 9.53 Å². The van der Waals surface area contributed by atoms with E-state index < -0.39 is 0 Å². The third kappa shape index (κ3) is 2.93. The summed E-state index contributed by atoms with van der Waals surface area (Å²) in [5.41, 5.74) is 2.79. The maximum atomic E-state index is 12.1. The van der Waals surface area contributed by atoms with E-state index in [1.807, 2.05) is 37.4 Å². The summed E-state index contributed by atoms with van der Waals surface area (Å²) in [5.74, 6) is 0.259. The third-order valence-electron chi connectivity index (χ3n) is 3.37. The van der Waals surface area contributed by atoms with Crippen molar-refractivity contribution in [1.29, 1.82) is 0 Å². The fraction of sp³-hybridized carbons (Fsp3) is 0.118. The van der Waals surface area contributed by atoms with E-state index in [-0.39, 0.29) is 12.4 Å². The predicted octanol–water partition coefficient (Wildman–Crippen LogP) is 4.28. The van der Waals surface area contributed by atoms with Gasteiger partial charge in [-0.2, -0.15) is 0 Å². The Kier molecular flexibility index (Phi) is 3.67. The van der Waals surface area contributed by atoms with Gasteiger partial charge < -0.3 is 9.72 Å². The molecule has 0 amide bonds. The Morgan fingerprint density at radius 3 is 2.86 bits per heavy atom. The summed E-state index contributed by atoms with van der Waals surface area (Å²) in [6.07, 6.45) is 2.08. The molecule has 0 aliphatic rings. The van der Waals surface area contributed by atoms with E-state index in [4.69, 9.17) is 16.3 Å². The fourth-order valence-electron chi connectivity index (χ4n) is 2.32. The Morgan fingerprint density at radius 2 is 2.05 bits per heavy atom. The number of aryl methyl sites for hydroxylation is 1. The number of aromatic amines is 1. The van der Waals surface area contributed by atoms with E-state index >= 15 is 0 Å². The third-order valence-corrected chi connectivity index (χ3v) is 3.61. The first-order valence-electron chi connectivity index (χ1n) is 6.65. The zero-order valence-corrected chi connectivity index (χ0v) is 12.3. The average molecular weight is 300 g/mol. The van der Waals surface area contributed by atoms with Crippen LogP contribution >= 0.6 is 11.6 Å². The van der Waals surface area contributed by atoms with Crippen molar-refractivity contribution in [2.24, 2.45) is 0 Å². The number of esters is 1. The minimum atomic E-state index is -0.287. The first kappa shape index (κ1) is 13.7. The maximum absolute atomic E-state index is 12.1. The highest BCUT2D eigenvalue weighted by Crippen LogP contribution is 2.23. The lowest BCUT2D eigenvalue weighted by molar-refractivity contribution is -0.133. The van der Waals surface area contributed by atoms with Gasteiger partial charge >= 0.3 is 5.97 Å². The second kappa shape index (κ2) is 5.62. The number of H-pyrrole nitrogens is 1. The number of aromatic nitrogens is 1. The van der Waals surface area contributed by atoms with Crippen LogP contribution in [-0.2, 0) is 11.2 Å². The van der Waals surface area contributed by atoms with E-state index in [9.17, 15) is 4.79 Å². The van der Waals surface area contributed by atoms with Crippen molar-refractivity contribution in [3.05, 3.63) is 64.8 Å². The van der Waals surface area contributed by atoms with E-state index in [0.29, 0.717) is 10.8 Å². The van der Waals surface area contributed by atoms with Crippen molar-refractivity contribution in [3.63, 3.8) is 0 Å². The lowest BCUT2D eigenvalue weighted by atomic mass is 10.1. The van der Waals surface area contributed by atoms with Crippen LogP contribution in [0.1, 0.15) is 11.1 Å². The first-order valence-corrected chi connectivity index (χ1v) is 7.03. The van der Waals surface area contributed by atoms with Crippen LogP contribution in [0.3, 0.4) is 0 Å². The molecule has 0 bridgehead atoms. The minimum Gasteiger partial charge on any atom is -0.426 e. The maximum Gasteiger partial charge on any atom is 0.315 e. The van der Waals surface area contributed by atoms with Crippen LogP contribution in [-0.4, -0.2) is 11.0 Å². The van der Waals surface area contributed by atoms with Gasteiger partial charge in [-0.05, 0) is 42.3 Å². The molecule has 3 rings (SSSR count). The summed E-state index contributed by atoms with van der Waals surface area (Å²) in [6.45, 7) is 1.86. The topological polar surface area (TPSA) is 42.1 Å². The van der Waals surface area contributed by atoms with Crippen molar-refractivity contribution in [1.82, 2.24) is 4.98 Å². The van der Waals surface area contributed by atoms with Gasteiger partial charge in [0.1, 0.15) is 5.75 Å². The molecule has 3 nitrogen and oxygen atoms in total.